The van der Waals surface area contributed by atoms with Crippen LogP contribution < -0.4 is 10.2 Å². The van der Waals surface area contributed by atoms with Gasteiger partial charge in [-0.1, -0.05) is 52.0 Å². The van der Waals surface area contributed by atoms with Crippen molar-refractivity contribution in [1.82, 2.24) is 20.2 Å². The number of carbonyl (C=O) groups excluding carboxylic acids is 1. The van der Waals surface area contributed by atoms with E-state index in [1.165, 1.54) is 5.56 Å². The molecule has 0 saturated carbocycles. The van der Waals surface area contributed by atoms with Gasteiger partial charge in [-0.25, -0.2) is 9.97 Å². The van der Waals surface area contributed by atoms with Gasteiger partial charge in [-0.05, 0) is 55.6 Å². The Morgan fingerprint density at radius 2 is 1.72 bits per heavy atom. The minimum Gasteiger partial charge on any atom is -0.387 e. The minimum absolute atomic E-state index is 0. The zero-order valence-corrected chi connectivity index (χ0v) is 25.7. The summed E-state index contributed by atoms with van der Waals surface area (Å²) in [6.07, 6.45) is 3.82. The Bertz CT molecular complexity index is 1140. The number of halogens is 2. The van der Waals surface area contributed by atoms with E-state index in [2.05, 4.69) is 86.0 Å². The Labute approximate surface area is 246 Å². The van der Waals surface area contributed by atoms with Crippen molar-refractivity contribution in [2.75, 3.05) is 31.1 Å². The second-order valence-electron chi connectivity index (χ2n) is 13.0. The summed E-state index contributed by atoms with van der Waals surface area (Å²) in [4.78, 5) is 27.4. The van der Waals surface area contributed by atoms with Crippen LogP contribution in [0, 0.1) is 0 Å². The lowest BCUT2D eigenvalue weighted by Crippen LogP contribution is -2.53. The van der Waals surface area contributed by atoms with Crippen LogP contribution in [0.2, 0.25) is 0 Å². The number of rotatable bonds is 4. The summed E-state index contributed by atoms with van der Waals surface area (Å²) in [6.45, 7) is 16.1. The van der Waals surface area contributed by atoms with E-state index in [4.69, 9.17) is 0 Å². The number of piperazine rings is 1. The van der Waals surface area contributed by atoms with E-state index in [-0.39, 0.29) is 59.6 Å². The highest BCUT2D eigenvalue weighted by Gasteiger charge is 2.41. The molecule has 1 aromatic carbocycles. The van der Waals surface area contributed by atoms with E-state index in [9.17, 15) is 9.90 Å². The molecule has 1 aliphatic carbocycles. The van der Waals surface area contributed by atoms with Crippen molar-refractivity contribution in [3.63, 3.8) is 0 Å². The number of carbonyl (C=O) groups is 1. The van der Waals surface area contributed by atoms with Crippen LogP contribution in [0.1, 0.15) is 101 Å². The minimum atomic E-state index is -0.511. The first-order chi connectivity index (χ1) is 17.4. The number of benzene rings is 1. The number of nitrogens with zero attached hydrogens (tertiary/aromatic N) is 4. The maximum absolute atomic E-state index is 14.1. The number of aliphatic hydroxyl groups excluding tert-OH is 1. The van der Waals surface area contributed by atoms with E-state index in [0.717, 1.165) is 48.6 Å². The molecule has 0 radical (unpaired) electrons. The molecule has 2 aliphatic heterocycles. The summed E-state index contributed by atoms with van der Waals surface area (Å²) < 4.78 is 0. The molecule has 0 spiro atoms. The van der Waals surface area contributed by atoms with Crippen LogP contribution in [0.4, 0.5) is 5.82 Å². The van der Waals surface area contributed by atoms with Crippen LogP contribution in [0.25, 0.3) is 0 Å². The molecule has 216 valence electrons. The van der Waals surface area contributed by atoms with Gasteiger partial charge in [0.05, 0.1) is 17.7 Å². The van der Waals surface area contributed by atoms with Gasteiger partial charge in [0, 0.05) is 43.3 Å². The SMILES string of the molecule is C[C@@H]1C[C@@H](O)c2ncnc(N3CCN(C(=O)[C@@H](c4ccc(C(C)(C)C)cc4)[C@@H]4CCC(C)(C)N4)CC3)c21.Cl.Cl. The van der Waals surface area contributed by atoms with E-state index >= 15 is 0 Å². The van der Waals surface area contributed by atoms with Crippen LogP contribution in [-0.4, -0.2) is 63.6 Å². The topological polar surface area (TPSA) is 81.6 Å². The molecule has 39 heavy (non-hydrogen) atoms. The van der Waals surface area contributed by atoms with Crippen molar-refractivity contribution in [2.24, 2.45) is 0 Å². The highest BCUT2D eigenvalue weighted by Crippen LogP contribution is 2.43. The molecule has 0 bridgehead atoms. The third-order valence-electron chi connectivity index (χ3n) is 8.63. The summed E-state index contributed by atoms with van der Waals surface area (Å²) >= 11 is 0. The Morgan fingerprint density at radius 3 is 2.28 bits per heavy atom. The number of hydrogen-bond acceptors (Lipinski definition) is 6. The number of anilines is 1. The molecule has 4 atom stereocenters. The molecule has 2 aromatic rings. The van der Waals surface area contributed by atoms with Crippen LogP contribution in [0.5, 0.6) is 0 Å². The van der Waals surface area contributed by atoms with E-state index in [1.807, 2.05) is 4.90 Å². The molecule has 3 aliphatic rings. The van der Waals surface area contributed by atoms with Gasteiger partial charge in [0.2, 0.25) is 5.91 Å². The lowest BCUT2D eigenvalue weighted by molar-refractivity contribution is -0.133. The Hall–Kier alpha value is -1.93. The number of hydrogen-bond donors (Lipinski definition) is 2. The first kappa shape index (κ1) is 31.6. The van der Waals surface area contributed by atoms with Crippen molar-refractivity contribution in [3.8, 4) is 0 Å². The predicted molar refractivity (Wildman–Crippen MR) is 161 cm³/mol. The van der Waals surface area contributed by atoms with Gasteiger partial charge in [0.1, 0.15) is 12.1 Å². The molecule has 2 fully saturated rings. The third kappa shape index (κ3) is 6.37. The maximum atomic E-state index is 14.1. The fourth-order valence-electron chi connectivity index (χ4n) is 6.44. The van der Waals surface area contributed by atoms with Crippen molar-refractivity contribution in [1.29, 1.82) is 0 Å². The summed E-state index contributed by atoms with van der Waals surface area (Å²) in [6, 6.07) is 8.86. The van der Waals surface area contributed by atoms with Gasteiger partial charge < -0.3 is 20.2 Å². The summed E-state index contributed by atoms with van der Waals surface area (Å²) in [7, 11) is 0. The van der Waals surface area contributed by atoms with Crippen molar-refractivity contribution >= 4 is 36.5 Å². The second kappa shape index (κ2) is 11.9. The van der Waals surface area contributed by atoms with Crippen molar-refractivity contribution in [3.05, 3.63) is 53.0 Å². The lowest BCUT2D eigenvalue weighted by atomic mass is 9.83. The quantitative estimate of drug-likeness (QED) is 0.524. The average molecular weight is 579 g/mol. The molecule has 2 N–H and O–H groups in total. The molecule has 5 rings (SSSR count). The second-order valence-corrected chi connectivity index (χ2v) is 13.0. The first-order valence-corrected chi connectivity index (χ1v) is 13.9. The van der Waals surface area contributed by atoms with E-state index < -0.39 is 6.10 Å². The number of fused-ring (bicyclic) bond motifs is 1. The number of aliphatic hydroxyl groups is 1. The Balaban J connectivity index is 0.00000210. The van der Waals surface area contributed by atoms with Gasteiger partial charge in [-0.15, -0.1) is 24.8 Å². The fraction of sp³-hybridized carbons (Fsp3) is 0.633. The Morgan fingerprint density at radius 1 is 1.08 bits per heavy atom. The first-order valence-electron chi connectivity index (χ1n) is 13.9. The van der Waals surface area contributed by atoms with Crippen LogP contribution in [-0.2, 0) is 10.2 Å². The van der Waals surface area contributed by atoms with Gasteiger partial charge in [0.25, 0.3) is 0 Å². The Kier molecular flexibility index (Phi) is 9.64. The predicted octanol–water partition coefficient (Wildman–Crippen LogP) is 5.12. The third-order valence-corrected chi connectivity index (χ3v) is 8.63. The molecule has 7 nitrogen and oxygen atoms in total. The molecule has 0 unspecified atom stereocenters. The van der Waals surface area contributed by atoms with Crippen molar-refractivity contribution < 1.29 is 9.90 Å². The van der Waals surface area contributed by atoms with Gasteiger partial charge >= 0.3 is 0 Å². The van der Waals surface area contributed by atoms with Gasteiger partial charge in [-0.3, -0.25) is 4.79 Å². The van der Waals surface area contributed by atoms with Gasteiger partial charge in [-0.2, -0.15) is 0 Å². The van der Waals surface area contributed by atoms with Crippen LogP contribution >= 0.6 is 24.8 Å². The molecule has 2 saturated heterocycles. The summed E-state index contributed by atoms with van der Waals surface area (Å²) in [5, 5.41) is 14.2. The van der Waals surface area contributed by atoms with E-state index in [1.54, 1.807) is 6.33 Å². The van der Waals surface area contributed by atoms with Gasteiger partial charge in [0.15, 0.2) is 0 Å². The molecular formula is C30H45Cl2N5O2. The number of nitrogens with one attached hydrogen (secondary N) is 1. The smallest absolute Gasteiger partial charge is 0.231 e. The summed E-state index contributed by atoms with van der Waals surface area (Å²) in [5.74, 6) is 1.18. The molecule has 3 heterocycles. The average Bonchev–Trinajstić information content (AvgIpc) is 3.36. The molecule has 1 aromatic heterocycles. The number of aromatic nitrogens is 2. The summed E-state index contributed by atoms with van der Waals surface area (Å²) in [5.41, 5.74) is 4.35. The maximum Gasteiger partial charge on any atom is 0.231 e. The fourth-order valence-corrected chi connectivity index (χ4v) is 6.44. The standard InChI is InChI=1S/C30H43N5O2.2ClH/c1-19-17-23(36)26-24(19)27(32-18-31-26)34-13-15-35(16-14-34)28(37)25(22-11-12-30(5,6)33-22)20-7-9-21(10-8-20)29(2,3)4;;/h7-10,18-19,22-23,25,33,36H,11-17H2,1-6H3;2*1H/t19-,22+,23-,25+;;/m1../s1. The monoisotopic (exact) mass is 577 g/mol. The van der Waals surface area contributed by atoms with Crippen LogP contribution in [0.15, 0.2) is 30.6 Å². The number of amides is 1. The normalized spacial score (nSPS) is 24.9. The largest absolute Gasteiger partial charge is 0.387 e. The molecule has 9 heteroatoms. The zero-order chi connectivity index (χ0) is 26.5. The highest BCUT2D eigenvalue weighted by atomic mass is 35.5. The molecule has 1 amide bonds. The highest BCUT2D eigenvalue weighted by molar-refractivity contribution is 5.86. The lowest BCUT2D eigenvalue weighted by Gasteiger charge is -2.39. The van der Waals surface area contributed by atoms with E-state index in [0.29, 0.717) is 19.5 Å². The zero-order valence-electron chi connectivity index (χ0n) is 24.1. The van der Waals surface area contributed by atoms with Crippen molar-refractivity contribution in [2.45, 2.75) is 95.7 Å². The molecular weight excluding hydrogens is 533 g/mol. The van der Waals surface area contributed by atoms with Crippen LogP contribution in [0.3, 0.4) is 0 Å².